The molecule has 2 rings (SSSR count). The molecule has 0 aromatic heterocycles. The predicted octanol–water partition coefficient (Wildman–Crippen LogP) is 4.39. The van der Waals surface area contributed by atoms with E-state index in [1.165, 1.54) is 25.1 Å². The molecule has 0 fully saturated rings. The van der Waals surface area contributed by atoms with Gasteiger partial charge in [-0.2, -0.15) is 0 Å². The quantitative estimate of drug-likeness (QED) is 0.765. The number of ether oxygens (including phenoxy) is 2. The first-order chi connectivity index (χ1) is 10.0. The maximum atomic E-state index is 13.3. The molecule has 0 spiro atoms. The minimum Gasteiger partial charge on any atom is -0.493 e. The van der Waals surface area contributed by atoms with E-state index in [2.05, 4.69) is 0 Å². The fraction of sp³-hybridized carbons (Fsp3) is 0.235. The first-order valence-corrected chi connectivity index (χ1v) is 6.70. The molecule has 0 unspecified atom stereocenters. The zero-order chi connectivity index (χ0) is 15.4. The van der Waals surface area contributed by atoms with Crippen LogP contribution in [0.2, 0.25) is 0 Å². The summed E-state index contributed by atoms with van der Waals surface area (Å²) in [6.45, 7) is 3.42. The molecule has 0 radical (unpaired) electrons. The SMILES string of the molecule is CCc1ccc(Oc2ccc(F)cc2C(C)=O)c(OC)c1. The van der Waals surface area contributed by atoms with Crippen LogP contribution in [-0.4, -0.2) is 12.9 Å². The molecule has 0 saturated carbocycles. The van der Waals surface area contributed by atoms with Gasteiger partial charge in [-0.3, -0.25) is 4.79 Å². The van der Waals surface area contributed by atoms with Crippen molar-refractivity contribution in [3.8, 4) is 17.2 Å². The lowest BCUT2D eigenvalue weighted by molar-refractivity contribution is 0.101. The summed E-state index contributed by atoms with van der Waals surface area (Å²) >= 11 is 0. The number of carbonyl (C=O) groups excluding carboxylic acids is 1. The fourth-order valence-corrected chi connectivity index (χ4v) is 2.00. The highest BCUT2D eigenvalue weighted by molar-refractivity contribution is 5.96. The first kappa shape index (κ1) is 15.0. The van der Waals surface area contributed by atoms with E-state index in [0.717, 1.165) is 12.0 Å². The van der Waals surface area contributed by atoms with E-state index in [0.29, 0.717) is 17.2 Å². The molecular weight excluding hydrogens is 271 g/mol. The van der Waals surface area contributed by atoms with Crippen LogP contribution in [0.1, 0.15) is 29.8 Å². The van der Waals surface area contributed by atoms with Crippen LogP contribution in [0.4, 0.5) is 4.39 Å². The molecule has 0 N–H and O–H groups in total. The van der Waals surface area contributed by atoms with Crippen LogP contribution >= 0.6 is 0 Å². The van der Waals surface area contributed by atoms with Crippen LogP contribution in [-0.2, 0) is 6.42 Å². The Bertz CT molecular complexity index is 665. The summed E-state index contributed by atoms with van der Waals surface area (Å²) in [6, 6.07) is 9.46. The monoisotopic (exact) mass is 288 g/mol. The summed E-state index contributed by atoms with van der Waals surface area (Å²) in [7, 11) is 1.55. The number of methoxy groups -OCH3 is 1. The number of hydrogen-bond donors (Lipinski definition) is 0. The third-order valence-electron chi connectivity index (χ3n) is 3.18. The molecule has 21 heavy (non-hydrogen) atoms. The van der Waals surface area contributed by atoms with Gasteiger partial charge in [0.05, 0.1) is 12.7 Å². The van der Waals surface area contributed by atoms with Crippen molar-refractivity contribution in [3.05, 3.63) is 53.3 Å². The van der Waals surface area contributed by atoms with E-state index in [1.54, 1.807) is 13.2 Å². The molecule has 0 bridgehead atoms. The number of carbonyl (C=O) groups is 1. The topological polar surface area (TPSA) is 35.5 Å². The van der Waals surface area contributed by atoms with Crippen LogP contribution < -0.4 is 9.47 Å². The van der Waals surface area contributed by atoms with Crippen LogP contribution in [0.5, 0.6) is 17.2 Å². The number of halogens is 1. The van der Waals surface area contributed by atoms with Gasteiger partial charge in [-0.25, -0.2) is 4.39 Å². The summed E-state index contributed by atoms with van der Waals surface area (Å²) in [5.41, 5.74) is 1.32. The number of hydrogen-bond acceptors (Lipinski definition) is 3. The van der Waals surface area contributed by atoms with Crippen molar-refractivity contribution in [2.45, 2.75) is 20.3 Å². The molecule has 0 aliphatic rings. The normalized spacial score (nSPS) is 10.3. The number of aryl methyl sites for hydroxylation is 1. The molecule has 0 aliphatic carbocycles. The molecule has 110 valence electrons. The number of ketones is 1. The lowest BCUT2D eigenvalue weighted by atomic mass is 10.1. The van der Waals surface area contributed by atoms with E-state index >= 15 is 0 Å². The maximum Gasteiger partial charge on any atom is 0.169 e. The van der Waals surface area contributed by atoms with Gasteiger partial charge >= 0.3 is 0 Å². The van der Waals surface area contributed by atoms with E-state index in [1.807, 2.05) is 19.1 Å². The molecule has 3 nitrogen and oxygen atoms in total. The van der Waals surface area contributed by atoms with Crippen molar-refractivity contribution in [2.75, 3.05) is 7.11 Å². The Kier molecular flexibility index (Phi) is 4.58. The highest BCUT2D eigenvalue weighted by Gasteiger charge is 2.13. The van der Waals surface area contributed by atoms with Crippen LogP contribution in [0.25, 0.3) is 0 Å². The van der Waals surface area contributed by atoms with Gasteiger partial charge in [-0.15, -0.1) is 0 Å². The summed E-state index contributed by atoms with van der Waals surface area (Å²) < 4.78 is 24.3. The molecule has 0 amide bonds. The minimum absolute atomic E-state index is 0.205. The zero-order valence-corrected chi connectivity index (χ0v) is 12.3. The van der Waals surface area contributed by atoms with E-state index in [9.17, 15) is 9.18 Å². The van der Waals surface area contributed by atoms with Gasteiger partial charge in [0.1, 0.15) is 11.6 Å². The molecular formula is C17H17FO3. The van der Waals surface area contributed by atoms with Gasteiger partial charge in [0, 0.05) is 0 Å². The van der Waals surface area contributed by atoms with E-state index in [4.69, 9.17) is 9.47 Å². The minimum atomic E-state index is -0.471. The van der Waals surface area contributed by atoms with Crippen molar-refractivity contribution >= 4 is 5.78 Å². The third-order valence-corrected chi connectivity index (χ3v) is 3.18. The largest absolute Gasteiger partial charge is 0.493 e. The fourth-order valence-electron chi connectivity index (χ4n) is 2.00. The van der Waals surface area contributed by atoms with Crippen molar-refractivity contribution in [1.29, 1.82) is 0 Å². The van der Waals surface area contributed by atoms with E-state index < -0.39 is 5.82 Å². The van der Waals surface area contributed by atoms with Gasteiger partial charge in [0.15, 0.2) is 17.3 Å². The smallest absolute Gasteiger partial charge is 0.169 e. The Morgan fingerprint density at radius 2 is 1.81 bits per heavy atom. The van der Waals surface area contributed by atoms with Crippen LogP contribution in [0, 0.1) is 5.82 Å². The van der Waals surface area contributed by atoms with E-state index in [-0.39, 0.29) is 11.3 Å². The molecule has 0 aliphatic heterocycles. The predicted molar refractivity (Wildman–Crippen MR) is 78.9 cm³/mol. The Hall–Kier alpha value is -2.36. The maximum absolute atomic E-state index is 13.3. The second-order valence-corrected chi connectivity index (χ2v) is 4.64. The van der Waals surface area contributed by atoms with Crippen molar-refractivity contribution in [2.24, 2.45) is 0 Å². The molecule has 0 atom stereocenters. The van der Waals surface area contributed by atoms with Crippen molar-refractivity contribution in [3.63, 3.8) is 0 Å². The average Bonchev–Trinajstić information content (AvgIpc) is 2.49. The van der Waals surface area contributed by atoms with Gasteiger partial charge in [0.2, 0.25) is 0 Å². The number of benzene rings is 2. The molecule has 2 aromatic rings. The Morgan fingerprint density at radius 3 is 2.43 bits per heavy atom. The highest BCUT2D eigenvalue weighted by atomic mass is 19.1. The summed E-state index contributed by atoms with van der Waals surface area (Å²) in [6.07, 6.45) is 0.881. The lowest BCUT2D eigenvalue weighted by Crippen LogP contribution is -1.99. The summed E-state index contributed by atoms with van der Waals surface area (Å²) in [5, 5.41) is 0. The van der Waals surface area contributed by atoms with Gasteiger partial charge in [-0.1, -0.05) is 13.0 Å². The number of rotatable bonds is 5. The molecule has 2 aromatic carbocycles. The van der Waals surface area contributed by atoms with Crippen LogP contribution in [0.3, 0.4) is 0 Å². The Balaban J connectivity index is 2.40. The molecule has 4 heteroatoms. The summed E-state index contributed by atoms with van der Waals surface area (Å²) in [5.74, 6) is 0.651. The van der Waals surface area contributed by atoms with Crippen LogP contribution in [0.15, 0.2) is 36.4 Å². The first-order valence-electron chi connectivity index (χ1n) is 6.70. The van der Waals surface area contributed by atoms with Crippen molar-refractivity contribution < 1.29 is 18.7 Å². The average molecular weight is 288 g/mol. The Labute approximate surface area is 123 Å². The second-order valence-electron chi connectivity index (χ2n) is 4.64. The van der Waals surface area contributed by atoms with Gasteiger partial charge < -0.3 is 9.47 Å². The Morgan fingerprint density at radius 1 is 1.10 bits per heavy atom. The standard InChI is InChI=1S/C17H17FO3/c1-4-12-5-7-16(17(9-12)20-3)21-15-8-6-13(18)10-14(15)11(2)19/h5-10H,4H2,1-3H3. The third kappa shape index (κ3) is 3.40. The van der Waals surface area contributed by atoms with Crippen molar-refractivity contribution in [1.82, 2.24) is 0 Å². The molecule has 0 heterocycles. The van der Waals surface area contributed by atoms with Gasteiger partial charge in [-0.05, 0) is 49.2 Å². The highest BCUT2D eigenvalue weighted by Crippen LogP contribution is 2.34. The molecule has 0 saturated heterocycles. The van der Waals surface area contributed by atoms with Gasteiger partial charge in [0.25, 0.3) is 0 Å². The number of Topliss-reactive ketones (excluding diaryl/α,β-unsaturated/α-hetero) is 1. The lowest BCUT2D eigenvalue weighted by Gasteiger charge is -2.13. The zero-order valence-electron chi connectivity index (χ0n) is 12.3. The second kappa shape index (κ2) is 6.39. The summed E-state index contributed by atoms with van der Waals surface area (Å²) in [4.78, 5) is 11.6.